The van der Waals surface area contributed by atoms with E-state index in [4.69, 9.17) is 4.42 Å². The summed E-state index contributed by atoms with van der Waals surface area (Å²) in [4.78, 5) is 8.64. The molecule has 0 amide bonds. The highest BCUT2D eigenvalue weighted by Gasteiger charge is 2.23. The van der Waals surface area contributed by atoms with Crippen molar-refractivity contribution in [2.75, 3.05) is 12.3 Å². The van der Waals surface area contributed by atoms with Crippen LogP contribution in [0.5, 0.6) is 0 Å². The first-order valence-corrected chi connectivity index (χ1v) is 6.36. The molecule has 0 spiro atoms. The normalized spacial score (nSPS) is 19.3. The van der Waals surface area contributed by atoms with Crippen LogP contribution in [0.15, 0.2) is 15.6 Å². The van der Waals surface area contributed by atoms with Gasteiger partial charge in [-0.15, -0.1) is 0 Å². The molecule has 0 aliphatic carbocycles. The molecule has 1 aromatic rings. The number of rotatable bonds is 2. The van der Waals surface area contributed by atoms with Crippen molar-refractivity contribution in [3.8, 4) is 0 Å². The van der Waals surface area contributed by atoms with Gasteiger partial charge < -0.3 is 9.73 Å². The van der Waals surface area contributed by atoms with Gasteiger partial charge in [0.25, 0.3) is 0 Å². The van der Waals surface area contributed by atoms with Crippen LogP contribution in [0.4, 0.5) is 0 Å². The summed E-state index contributed by atoms with van der Waals surface area (Å²) in [6, 6.07) is 0. The van der Waals surface area contributed by atoms with Gasteiger partial charge in [-0.05, 0) is 12.3 Å². The minimum Gasteiger partial charge on any atom is -0.444 e. The highest BCUT2D eigenvalue weighted by Crippen LogP contribution is 2.27. The Hall–Kier alpha value is -0.970. The van der Waals surface area contributed by atoms with Crippen molar-refractivity contribution in [1.29, 1.82) is 0 Å². The lowest BCUT2D eigenvalue weighted by atomic mass is 9.97. The highest BCUT2D eigenvalue weighted by molar-refractivity contribution is 8.13. The van der Waals surface area contributed by atoms with Crippen molar-refractivity contribution in [3.63, 3.8) is 0 Å². The predicted molar refractivity (Wildman–Crippen MR) is 66.6 cm³/mol. The Morgan fingerprint density at radius 3 is 2.94 bits per heavy atom. The van der Waals surface area contributed by atoms with E-state index in [-0.39, 0.29) is 0 Å². The van der Waals surface area contributed by atoms with Gasteiger partial charge in [0.05, 0.1) is 12.7 Å². The van der Waals surface area contributed by atoms with E-state index >= 15 is 0 Å². The van der Waals surface area contributed by atoms with Gasteiger partial charge >= 0.3 is 0 Å². The van der Waals surface area contributed by atoms with Crippen LogP contribution in [-0.4, -0.2) is 22.4 Å². The molecule has 0 saturated heterocycles. The molecule has 0 fully saturated rings. The first-order valence-electron chi connectivity index (χ1n) is 5.38. The number of oxazole rings is 1. The van der Waals surface area contributed by atoms with Crippen molar-refractivity contribution in [2.24, 2.45) is 10.4 Å². The maximum absolute atomic E-state index is 5.38. The zero-order valence-corrected chi connectivity index (χ0v) is 10.7. The monoisotopic (exact) mass is 239 g/mol. The molecule has 1 aliphatic rings. The number of thioether (sulfide) groups is 1. The van der Waals surface area contributed by atoms with Crippen LogP contribution in [0.1, 0.15) is 25.5 Å². The lowest BCUT2D eigenvalue weighted by molar-refractivity contribution is 0.435. The Morgan fingerprint density at radius 2 is 2.38 bits per heavy atom. The first-order chi connectivity index (χ1) is 7.55. The van der Waals surface area contributed by atoms with E-state index in [1.165, 1.54) is 0 Å². The molecular weight excluding hydrogens is 222 g/mol. The van der Waals surface area contributed by atoms with Gasteiger partial charge in [-0.2, -0.15) is 0 Å². The first kappa shape index (κ1) is 11.5. The molecule has 0 atom stereocenters. The van der Waals surface area contributed by atoms with Crippen molar-refractivity contribution >= 4 is 16.9 Å². The summed E-state index contributed by atoms with van der Waals surface area (Å²) in [5.74, 6) is 2.66. The second kappa shape index (κ2) is 4.49. The Kier molecular flexibility index (Phi) is 3.23. The minimum atomic E-state index is 0.315. The van der Waals surface area contributed by atoms with E-state index in [1.54, 1.807) is 18.0 Å². The summed E-state index contributed by atoms with van der Waals surface area (Å²) >= 11 is 1.77. The van der Waals surface area contributed by atoms with Gasteiger partial charge in [0, 0.05) is 12.3 Å². The molecule has 0 saturated carbocycles. The average Bonchev–Trinajstić information content (AvgIpc) is 2.63. The number of hydrogen-bond donors (Lipinski definition) is 1. The second-order valence-electron chi connectivity index (χ2n) is 4.79. The molecule has 1 aromatic heterocycles. The topological polar surface area (TPSA) is 50.4 Å². The Labute approximate surface area is 99.9 Å². The van der Waals surface area contributed by atoms with Crippen molar-refractivity contribution < 1.29 is 4.42 Å². The van der Waals surface area contributed by atoms with Crippen LogP contribution in [0, 0.1) is 12.3 Å². The Balaban J connectivity index is 1.85. The maximum atomic E-state index is 5.38. The van der Waals surface area contributed by atoms with Crippen LogP contribution >= 0.6 is 11.8 Å². The van der Waals surface area contributed by atoms with Crippen molar-refractivity contribution in [2.45, 2.75) is 27.3 Å². The standard InChI is InChI=1S/C11H17N3OS/c1-8-4-12-9(15-8)5-13-10-14-6-11(2,3)7-16-10/h4H,5-7H2,1-3H3,(H,13,14). The number of hydrogen-bond acceptors (Lipinski definition) is 5. The molecule has 0 aromatic carbocycles. The molecule has 1 N–H and O–H groups in total. The van der Waals surface area contributed by atoms with Crippen LogP contribution in [0.2, 0.25) is 0 Å². The lowest BCUT2D eigenvalue weighted by Gasteiger charge is -2.27. The van der Waals surface area contributed by atoms with E-state index in [0.29, 0.717) is 17.9 Å². The quantitative estimate of drug-likeness (QED) is 0.859. The fraction of sp³-hybridized carbons (Fsp3) is 0.636. The number of amidine groups is 1. The third-order valence-corrected chi connectivity index (χ3v) is 3.78. The molecule has 5 heteroatoms. The van der Waals surface area contributed by atoms with Crippen molar-refractivity contribution in [1.82, 2.24) is 10.3 Å². The predicted octanol–water partition coefficient (Wildman–Crippen LogP) is 2.20. The van der Waals surface area contributed by atoms with Gasteiger partial charge in [0.1, 0.15) is 5.76 Å². The lowest BCUT2D eigenvalue weighted by Crippen LogP contribution is -2.31. The molecule has 0 unspecified atom stereocenters. The van der Waals surface area contributed by atoms with E-state index in [2.05, 4.69) is 29.1 Å². The molecule has 2 heterocycles. The third kappa shape index (κ3) is 3.01. The number of nitrogens with zero attached hydrogens (tertiary/aromatic N) is 2. The van der Waals surface area contributed by atoms with Gasteiger partial charge in [-0.1, -0.05) is 25.6 Å². The summed E-state index contributed by atoms with van der Waals surface area (Å²) in [5.41, 5.74) is 0.315. The molecule has 4 nitrogen and oxygen atoms in total. The SMILES string of the molecule is Cc1cnc(CNC2=NCC(C)(C)CS2)o1. The zero-order chi connectivity index (χ0) is 11.6. The van der Waals surface area contributed by atoms with Gasteiger partial charge in [-0.3, -0.25) is 4.99 Å². The van der Waals surface area contributed by atoms with Crippen LogP contribution < -0.4 is 5.32 Å². The molecular formula is C11H17N3OS. The second-order valence-corrected chi connectivity index (χ2v) is 5.76. The Bertz CT molecular complexity index is 398. The number of aliphatic imine (C=N–C) groups is 1. The van der Waals surface area contributed by atoms with Crippen molar-refractivity contribution in [3.05, 3.63) is 17.8 Å². The van der Waals surface area contributed by atoms with E-state index < -0.39 is 0 Å². The fourth-order valence-electron chi connectivity index (χ4n) is 1.38. The smallest absolute Gasteiger partial charge is 0.213 e. The number of aryl methyl sites for hydroxylation is 1. The molecule has 88 valence electrons. The van der Waals surface area contributed by atoms with Crippen LogP contribution in [-0.2, 0) is 6.54 Å². The Morgan fingerprint density at radius 1 is 1.56 bits per heavy atom. The van der Waals surface area contributed by atoms with E-state index in [0.717, 1.165) is 23.2 Å². The summed E-state index contributed by atoms with van der Waals surface area (Å²) < 4.78 is 5.38. The zero-order valence-electron chi connectivity index (χ0n) is 9.91. The summed E-state index contributed by atoms with van der Waals surface area (Å²) in [5, 5.41) is 4.24. The van der Waals surface area contributed by atoms with Gasteiger partial charge in [0.2, 0.25) is 5.89 Å². The molecule has 0 bridgehead atoms. The number of aromatic nitrogens is 1. The van der Waals surface area contributed by atoms with Gasteiger partial charge in [-0.25, -0.2) is 4.98 Å². The summed E-state index contributed by atoms with van der Waals surface area (Å²) in [6.07, 6.45) is 1.73. The van der Waals surface area contributed by atoms with Crippen LogP contribution in [0.25, 0.3) is 0 Å². The maximum Gasteiger partial charge on any atom is 0.213 e. The molecule has 2 rings (SSSR count). The largest absolute Gasteiger partial charge is 0.444 e. The van der Waals surface area contributed by atoms with E-state index in [9.17, 15) is 0 Å². The molecule has 1 aliphatic heterocycles. The highest BCUT2D eigenvalue weighted by atomic mass is 32.2. The molecule has 0 radical (unpaired) electrons. The van der Waals surface area contributed by atoms with Crippen LogP contribution in [0.3, 0.4) is 0 Å². The third-order valence-electron chi connectivity index (χ3n) is 2.31. The minimum absolute atomic E-state index is 0.315. The fourth-order valence-corrected chi connectivity index (χ4v) is 2.33. The van der Waals surface area contributed by atoms with Gasteiger partial charge in [0.15, 0.2) is 5.17 Å². The summed E-state index contributed by atoms with van der Waals surface area (Å²) in [6.45, 7) is 7.86. The molecule has 16 heavy (non-hydrogen) atoms. The van der Waals surface area contributed by atoms with E-state index in [1.807, 2.05) is 6.92 Å². The average molecular weight is 239 g/mol. The number of nitrogens with one attached hydrogen (secondary N) is 1. The summed E-state index contributed by atoms with van der Waals surface area (Å²) in [7, 11) is 0.